The van der Waals surface area contributed by atoms with E-state index in [1.54, 1.807) is 0 Å². The highest BCUT2D eigenvalue weighted by Gasteiger charge is 2.57. The summed E-state index contributed by atoms with van der Waals surface area (Å²) >= 11 is 0. The van der Waals surface area contributed by atoms with E-state index in [1.807, 2.05) is 55.5 Å². The molecule has 36 heavy (non-hydrogen) atoms. The Bertz CT molecular complexity index is 1830. The van der Waals surface area contributed by atoms with E-state index in [2.05, 4.69) is 14.5 Å². The molecule has 0 spiro atoms. The van der Waals surface area contributed by atoms with Crippen LogP contribution in [0.25, 0.3) is 43.6 Å². The van der Waals surface area contributed by atoms with Crippen LogP contribution in [0.5, 0.6) is 0 Å². The van der Waals surface area contributed by atoms with Crippen LogP contribution < -0.4 is 5.32 Å². The van der Waals surface area contributed by atoms with Crippen LogP contribution in [0.2, 0.25) is 0 Å². The molecule has 8 rings (SSSR count). The third kappa shape index (κ3) is 2.09. The molecule has 2 bridgehead atoms. The number of ether oxygens (including phenoxy) is 2. The van der Waals surface area contributed by atoms with Crippen molar-refractivity contribution in [2.45, 2.75) is 44.0 Å². The number of carbonyl (C=O) groups excluding carboxylic acids is 1. The first kappa shape index (κ1) is 20.3. The van der Waals surface area contributed by atoms with Crippen LogP contribution >= 0.6 is 0 Å². The maximum absolute atomic E-state index is 13.3. The average Bonchev–Trinajstić information content (AvgIpc) is 3.51. The Hall–Kier alpha value is -3.95. The molecule has 180 valence electrons. The molecule has 3 aromatic carbocycles. The predicted molar refractivity (Wildman–Crippen MR) is 134 cm³/mol. The van der Waals surface area contributed by atoms with Gasteiger partial charge in [-0.3, -0.25) is 14.9 Å². The van der Waals surface area contributed by atoms with E-state index in [4.69, 9.17) is 9.47 Å². The molecule has 1 fully saturated rings. The lowest BCUT2D eigenvalue weighted by atomic mass is 9.93. The summed E-state index contributed by atoms with van der Waals surface area (Å²) in [5, 5.41) is 19.2. The van der Waals surface area contributed by atoms with Crippen LogP contribution in [0, 0.1) is 10.1 Å². The predicted octanol–water partition coefficient (Wildman–Crippen LogP) is 4.41. The lowest BCUT2D eigenvalue weighted by Crippen LogP contribution is -2.58. The largest absolute Gasteiger partial charge is 0.369 e. The number of benzene rings is 3. The van der Waals surface area contributed by atoms with Gasteiger partial charge in [-0.25, -0.2) is 0 Å². The summed E-state index contributed by atoms with van der Waals surface area (Å²) in [5.74, 6) is -0.0936. The van der Waals surface area contributed by atoms with Gasteiger partial charge in [-0.05, 0) is 24.6 Å². The minimum atomic E-state index is -1.16. The van der Waals surface area contributed by atoms with Crippen LogP contribution in [0.4, 0.5) is 0 Å². The monoisotopic (exact) mass is 482 g/mol. The number of aromatic nitrogens is 2. The number of amides is 1. The van der Waals surface area contributed by atoms with Gasteiger partial charge in [-0.2, -0.15) is 0 Å². The minimum absolute atomic E-state index is 0.0936. The highest BCUT2D eigenvalue weighted by atomic mass is 16.6. The second-order valence-electron chi connectivity index (χ2n) is 10.1. The van der Waals surface area contributed by atoms with E-state index in [9.17, 15) is 14.9 Å². The molecule has 3 aliphatic rings. The lowest BCUT2D eigenvalue weighted by Gasteiger charge is -2.45. The van der Waals surface area contributed by atoms with Gasteiger partial charge in [0.15, 0.2) is 11.8 Å². The van der Waals surface area contributed by atoms with Crippen LogP contribution in [-0.2, 0) is 21.7 Å². The molecule has 3 aliphatic heterocycles. The minimum Gasteiger partial charge on any atom is -0.369 e. The van der Waals surface area contributed by atoms with Crippen molar-refractivity contribution in [1.29, 1.82) is 0 Å². The summed E-state index contributed by atoms with van der Waals surface area (Å²) < 4.78 is 16.9. The first-order valence-electron chi connectivity index (χ1n) is 12.1. The zero-order valence-corrected chi connectivity index (χ0v) is 19.6. The Labute approximate surface area is 204 Å². The van der Waals surface area contributed by atoms with Crippen molar-refractivity contribution < 1.29 is 19.2 Å². The third-order valence-corrected chi connectivity index (χ3v) is 8.47. The number of fused-ring (bicyclic) bond motifs is 13. The molecule has 0 radical (unpaired) electrons. The van der Waals surface area contributed by atoms with E-state index < -0.39 is 24.1 Å². The highest BCUT2D eigenvalue weighted by molar-refractivity contribution is 6.31. The molecular weight excluding hydrogens is 460 g/mol. The van der Waals surface area contributed by atoms with Crippen molar-refractivity contribution in [3.8, 4) is 0 Å². The van der Waals surface area contributed by atoms with E-state index in [0.717, 1.165) is 49.2 Å². The smallest absolute Gasteiger partial charge is 0.252 e. The number of nitro groups is 1. The first-order chi connectivity index (χ1) is 17.5. The topological polar surface area (TPSA) is 101 Å². The summed E-state index contributed by atoms with van der Waals surface area (Å²) in [6.45, 7) is 2.33. The molecule has 5 aromatic rings. The molecule has 9 nitrogen and oxygen atoms in total. The molecule has 0 aliphatic carbocycles. The zero-order chi connectivity index (χ0) is 24.5. The fraction of sp³-hybridized carbons (Fsp3) is 0.296. The Morgan fingerprint density at radius 3 is 2.50 bits per heavy atom. The number of hydrogen-bond donors (Lipinski definition) is 1. The highest BCUT2D eigenvalue weighted by Crippen LogP contribution is 2.53. The Morgan fingerprint density at radius 1 is 1.08 bits per heavy atom. The molecule has 0 saturated carbocycles. The standard InChI is InChI=1S/C27H22N4O5/c1-27-25(35-2)18(31(33)34)11-19(36-27)29-16-9-5-3-7-13(16)21-22-15(12-28-26(22)32)20-14-8-4-6-10-17(14)30(27)24(20)23(21)29/h3-10,18-19,25H,11-12H2,1-2H3,(H,28,32). The van der Waals surface area contributed by atoms with E-state index >= 15 is 0 Å². The zero-order valence-electron chi connectivity index (χ0n) is 19.6. The van der Waals surface area contributed by atoms with Gasteiger partial charge in [0.05, 0.1) is 34.1 Å². The lowest BCUT2D eigenvalue weighted by molar-refractivity contribution is -0.556. The Kier molecular flexibility index (Phi) is 3.62. The molecule has 4 atom stereocenters. The van der Waals surface area contributed by atoms with Gasteiger partial charge in [0.2, 0.25) is 6.04 Å². The summed E-state index contributed by atoms with van der Waals surface area (Å²) in [4.78, 5) is 25.4. The number of nitrogens with zero attached hydrogens (tertiary/aromatic N) is 3. The van der Waals surface area contributed by atoms with Crippen LogP contribution in [0.3, 0.4) is 0 Å². The molecule has 1 amide bonds. The normalized spacial score (nSPS) is 26.7. The number of methoxy groups -OCH3 is 1. The third-order valence-electron chi connectivity index (χ3n) is 8.47. The Balaban J connectivity index is 1.71. The van der Waals surface area contributed by atoms with Crippen molar-refractivity contribution in [3.05, 3.63) is 69.8 Å². The first-order valence-corrected chi connectivity index (χ1v) is 12.1. The average molecular weight is 482 g/mol. The van der Waals surface area contributed by atoms with E-state index in [1.165, 1.54) is 7.11 Å². The molecule has 9 heteroatoms. The van der Waals surface area contributed by atoms with Gasteiger partial charge >= 0.3 is 0 Å². The second kappa shape index (κ2) is 6.43. The van der Waals surface area contributed by atoms with E-state index in [0.29, 0.717) is 12.1 Å². The number of para-hydroxylation sites is 2. The quantitative estimate of drug-likeness (QED) is 0.297. The maximum Gasteiger partial charge on any atom is 0.252 e. The van der Waals surface area contributed by atoms with Crippen molar-refractivity contribution in [3.63, 3.8) is 0 Å². The van der Waals surface area contributed by atoms with Crippen LogP contribution in [-0.4, -0.2) is 39.2 Å². The fourth-order valence-corrected chi connectivity index (χ4v) is 7.23. The number of rotatable bonds is 2. The summed E-state index contributed by atoms with van der Waals surface area (Å²) in [6, 6.07) is 15.0. The van der Waals surface area contributed by atoms with Gasteiger partial charge in [0.25, 0.3) is 5.91 Å². The Morgan fingerprint density at radius 2 is 1.78 bits per heavy atom. The van der Waals surface area contributed by atoms with Crippen LogP contribution in [0.15, 0.2) is 48.5 Å². The molecule has 2 aromatic heterocycles. The SMILES string of the molecule is COC1C([N+](=O)[O-])CC2OC1(C)n1c3ccccc3c3c4c(c5c6ccccc6n2c5c31)C(=O)NC4. The van der Waals surface area contributed by atoms with Gasteiger partial charge in [-0.1, -0.05) is 36.4 Å². The summed E-state index contributed by atoms with van der Waals surface area (Å²) in [6.07, 6.45) is -1.27. The van der Waals surface area contributed by atoms with Gasteiger partial charge in [0.1, 0.15) is 6.23 Å². The second-order valence-corrected chi connectivity index (χ2v) is 10.1. The molecular formula is C27H22N4O5. The molecule has 1 N–H and O–H groups in total. The summed E-state index contributed by atoms with van der Waals surface area (Å²) in [5.41, 5.74) is 4.08. The molecule has 4 unspecified atom stereocenters. The number of hydrogen-bond acceptors (Lipinski definition) is 5. The van der Waals surface area contributed by atoms with Gasteiger partial charge in [0, 0.05) is 40.1 Å². The fourth-order valence-electron chi connectivity index (χ4n) is 7.23. The van der Waals surface area contributed by atoms with Crippen molar-refractivity contribution in [2.24, 2.45) is 0 Å². The summed E-state index contributed by atoms with van der Waals surface area (Å²) in [7, 11) is 1.51. The number of nitrogens with one attached hydrogen (secondary N) is 1. The van der Waals surface area contributed by atoms with Crippen LogP contribution in [0.1, 0.15) is 35.5 Å². The van der Waals surface area contributed by atoms with Crippen molar-refractivity contribution in [1.82, 2.24) is 14.5 Å². The van der Waals surface area contributed by atoms with Gasteiger partial charge in [-0.15, -0.1) is 0 Å². The van der Waals surface area contributed by atoms with E-state index in [-0.39, 0.29) is 17.3 Å². The molecule has 1 saturated heterocycles. The number of carbonyl (C=O) groups is 1. The van der Waals surface area contributed by atoms with Crippen molar-refractivity contribution in [2.75, 3.05) is 7.11 Å². The maximum atomic E-state index is 13.3. The van der Waals surface area contributed by atoms with Gasteiger partial charge < -0.3 is 23.9 Å². The molecule has 5 heterocycles. The van der Waals surface area contributed by atoms with Crippen molar-refractivity contribution >= 4 is 49.5 Å².